The zero-order chi connectivity index (χ0) is 10.8. The van der Waals surface area contributed by atoms with Gasteiger partial charge in [-0.05, 0) is 27.6 Å². The largest absolute Gasteiger partial charge is 0.390 e. The van der Waals surface area contributed by atoms with Gasteiger partial charge < -0.3 is 5.73 Å². The lowest BCUT2D eigenvalue weighted by molar-refractivity contribution is -0.138. The number of hydrogen-bond donors (Lipinski definition) is 1. The van der Waals surface area contributed by atoms with Crippen LogP contribution in [-0.4, -0.2) is 11.2 Å². The van der Waals surface area contributed by atoms with Crippen LogP contribution in [0.3, 0.4) is 0 Å². The molecule has 0 bridgehead atoms. The Balaban J connectivity index is 0.00000196. The monoisotopic (exact) mass is 304 g/mol. The summed E-state index contributed by atoms with van der Waals surface area (Å²) in [7, 11) is 0. The molecule has 0 saturated carbocycles. The minimum absolute atomic E-state index is 0. The molecule has 7 heteroatoms. The highest BCUT2D eigenvalue weighted by atomic mass is 79.9. The molecule has 1 aromatic heterocycles. The molecule has 1 aromatic rings. The van der Waals surface area contributed by atoms with Crippen molar-refractivity contribution >= 4 is 28.3 Å². The number of nitrogens with zero attached hydrogens (tertiary/aromatic N) is 1. The summed E-state index contributed by atoms with van der Waals surface area (Å²) in [6.07, 6.45) is -3.94. The van der Waals surface area contributed by atoms with Gasteiger partial charge in [0.25, 0.3) is 0 Å². The number of aromatic nitrogens is 1. The van der Waals surface area contributed by atoms with Crippen LogP contribution in [0.15, 0.2) is 22.9 Å². The number of rotatable bonds is 2. The number of pyridine rings is 1. The molecule has 0 fully saturated rings. The highest BCUT2D eigenvalue weighted by Crippen LogP contribution is 2.27. The second-order valence-corrected chi connectivity index (χ2v) is 3.65. The molecule has 0 spiro atoms. The number of nitrogens with two attached hydrogens (primary N) is 1. The molecule has 0 unspecified atom stereocenters. The predicted octanol–water partition coefficient (Wildman–Crippen LogP) is 3.22. The van der Waals surface area contributed by atoms with E-state index in [1.165, 1.54) is 12.3 Å². The van der Waals surface area contributed by atoms with E-state index >= 15 is 0 Å². The fourth-order valence-electron chi connectivity index (χ4n) is 0.974. The SMILES string of the molecule is Cl.N[C@@H](CC(F)(F)F)c1ccc(Br)nc1. The molecule has 0 aliphatic carbocycles. The molecule has 1 rings (SSSR count). The maximum absolute atomic E-state index is 12.0. The fourth-order valence-corrected chi connectivity index (χ4v) is 1.21. The maximum atomic E-state index is 12.0. The first-order valence-electron chi connectivity index (χ1n) is 3.82. The van der Waals surface area contributed by atoms with Crippen LogP contribution in [0.2, 0.25) is 0 Å². The second kappa shape index (κ2) is 5.67. The molecule has 0 saturated heterocycles. The summed E-state index contributed by atoms with van der Waals surface area (Å²) in [4.78, 5) is 3.80. The summed E-state index contributed by atoms with van der Waals surface area (Å²) in [6.45, 7) is 0. The van der Waals surface area contributed by atoms with E-state index in [0.29, 0.717) is 10.2 Å². The van der Waals surface area contributed by atoms with Crippen LogP contribution in [-0.2, 0) is 0 Å². The summed E-state index contributed by atoms with van der Waals surface area (Å²) in [5.74, 6) is 0. The Morgan fingerprint density at radius 3 is 2.40 bits per heavy atom. The number of halogens is 5. The average molecular weight is 306 g/mol. The first-order valence-corrected chi connectivity index (χ1v) is 4.61. The lowest BCUT2D eigenvalue weighted by atomic mass is 10.1. The lowest BCUT2D eigenvalue weighted by Gasteiger charge is -2.13. The van der Waals surface area contributed by atoms with E-state index in [-0.39, 0.29) is 12.4 Å². The Bertz CT molecular complexity index is 302. The van der Waals surface area contributed by atoms with Gasteiger partial charge in [0.05, 0.1) is 6.42 Å². The smallest absolute Gasteiger partial charge is 0.324 e. The van der Waals surface area contributed by atoms with Crippen molar-refractivity contribution in [2.75, 3.05) is 0 Å². The van der Waals surface area contributed by atoms with Crippen molar-refractivity contribution in [3.05, 3.63) is 28.5 Å². The second-order valence-electron chi connectivity index (χ2n) is 2.84. The quantitative estimate of drug-likeness (QED) is 0.852. The van der Waals surface area contributed by atoms with Crippen LogP contribution >= 0.6 is 28.3 Å². The molecule has 0 amide bonds. The predicted molar refractivity (Wildman–Crippen MR) is 56.8 cm³/mol. The molecule has 0 radical (unpaired) electrons. The van der Waals surface area contributed by atoms with Crippen LogP contribution in [0.5, 0.6) is 0 Å². The van der Waals surface area contributed by atoms with Crippen LogP contribution in [0.25, 0.3) is 0 Å². The number of hydrogen-bond acceptors (Lipinski definition) is 2. The molecule has 2 nitrogen and oxygen atoms in total. The van der Waals surface area contributed by atoms with E-state index < -0.39 is 18.6 Å². The Morgan fingerprint density at radius 1 is 1.40 bits per heavy atom. The highest BCUT2D eigenvalue weighted by molar-refractivity contribution is 9.10. The third-order valence-electron chi connectivity index (χ3n) is 1.63. The summed E-state index contributed by atoms with van der Waals surface area (Å²) in [5.41, 5.74) is 5.74. The van der Waals surface area contributed by atoms with Crippen molar-refractivity contribution < 1.29 is 13.2 Å². The maximum Gasteiger partial charge on any atom is 0.390 e. The zero-order valence-corrected chi connectivity index (χ0v) is 9.86. The van der Waals surface area contributed by atoms with E-state index in [1.807, 2.05) is 0 Å². The van der Waals surface area contributed by atoms with E-state index in [2.05, 4.69) is 20.9 Å². The van der Waals surface area contributed by atoms with Crippen molar-refractivity contribution in [1.82, 2.24) is 4.98 Å². The molecule has 86 valence electrons. The summed E-state index contributed by atoms with van der Waals surface area (Å²) >= 11 is 3.08. The molecular formula is C8H9BrClF3N2. The van der Waals surface area contributed by atoms with Gasteiger partial charge in [-0.15, -0.1) is 12.4 Å². The molecule has 15 heavy (non-hydrogen) atoms. The van der Waals surface area contributed by atoms with Crippen LogP contribution in [0, 0.1) is 0 Å². The average Bonchev–Trinajstić information content (AvgIpc) is 2.02. The van der Waals surface area contributed by atoms with Gasteiger partial charge in [-0.25, -0.2) is 4.98 Å². The van der Waals surface area contributed by atoms with E-state index in [1.54, 1.807) is 6.07 Å². The summed E-state index contributed by atoms with van der Waals surface area (Å²) < 4.78 is 36.5. The zero-order valence-electron chi connectivity index (χ0n) is 7.46. The standard InChI is InChI=1S/C8H8BrF3N2.ClH/c9-7-2-1-5(4-14-7)6(13)3-8(10,11)12;/h1-2,4,6H,3,13H2;1H/t6-;/m0./s1. The van der Waals surface area contributed by atoms with Gasteiger partial charge in [-0.3, -0.25) is 0 Å². The Morgan fingerprint density at radius 2 is 2.00 bits per heavy atom. The van der Waals surface area contributed by atoms with E-state index in [9.17, 15) is 13.2 Å². The van der Waals surface area contributed by atoms with Gasteiger partial charge in [-0.2, -0.15) is 13.2 Å². The van der Waals surface area contributed by atoms with Crippen LogP contribution in [0.1, 0.15) is 18.0 Å². The van der Waals surface area contributed by atoms with Crippen molar-refractivity contribution in [3.8, 4) is 0 Å². The molecule has 0 aliphatic rings. The summed E-state index contributed by atoms with van der Waals surface area (Å²) in [5, 5.41) is 0. The van der Waals surface area contributed by atoms with Gasteiger partial charge in [-0.1, -0.05) is 6.07 Å². The van der Waals surface area contributed by atoms with Crippen molar-refractivity contribution in [2.45, 2.75) is 18.6 Å². The minimum Gasteiger partial charge on any atom is -0.324 e. The van der Waals surface area contributed by atoms with Crippen molar-refractivity contribution in [3.63, 3.8) is 0 Å². The van der Waals surface area contributed by atoms with Gasteiger partial charge in [0.15, 0.2) is 0 Å². The Hall–Kier alpha value is -0.330. The normalized spacial score (nSPS) is 13.1. The van der Waals surface area contributed by atoms with Crippen LogP contribution in [0.4, 0.5) is 13.2 Å². The lowest BCUT2D eigenvalue weighted by Crippen LogP contribution is -2.20. The van der Waals surface area contributed by atoms with Gasteiger partial charge in [0, 0.05) is 12.2 Å². The van der Waals surface area contributed by atoms with Crippen molar-refractivity contribution in [2.24, 2.45) is 5.73 Å². The first kappa shape index (κ1) is 14.7. The molecule has 1 heterocycles. The van der Waals surface area contributed by atoms with Crippen molar-refractivity contribution in [1.29, 1.82) is 0 Å². The third-order valence-corrected chi connectivity index (χ3v) is 2.10. The first-order chi connectivity index (χ1) is 6.38. The molecule has 0 aliphatic heterocycles. The van der Waals surface area contributed by atoms with Gasteiger partial charge in [0.2, 0.25) is 0 Å². The minimum atomic E-state index is -4.24. The summed E-state index contributed by atoms with van der Waals surface area (Å²) in [6, 6.07) is 2.04. The highest BCUT2D eigenvalue weighted by Gasteiger charge is 2.30. The van der Waals surface area contributed by atoms with Crippen LogP contribution < -0.4 is 5.73 Å². The molecule has 1 atom stereocenters. The number of alkyl halides is 3. The van der Waals surface area contributed by atoms with Gasteiger partial charge in [0.1, 0.15) is 4.60 Å². The Kier molecular flexibility index (Phi) is 5.55. The van der Waals surface area contributed by atoms with E-state index in [4.69, 9.17) is 5.73 Å². The third kappa shape index (κ3) is 5.34. The Labute approximate surface area is 99.6 Å². The fraction of sp³-hybridized carbons (Fsp3) is 0.375. The topological polar surface area (TPSA) is 38.9 Å². The van der Waals surface area contributed by atoms with E-state index in [0.717, 1.165) is 0 Å². The molecular weight excluding hydrogens is 296 g/mol. The van der Waals surface area contributed by atoms with Gasteiger partial charge >= 0.3 is 6.18 Å². The molecule has 0 aromatic carbocycles. The molecule has 2 N–H and O–H groups in total.